The van der Waals surface area contributed by atoms with Crippen LogP contribution in [-0.4, -0.2) is 22.8 Å². The van der Waals surface area contributed by atoms with E-state index in [1.807, 2.05) is 0 Å². The Bertz CT molecular complexity index is 1060. The number of nitro groups is 1. The molecule has 9 heteroatoms. The standard InChI is InChI=1S/C16H9NO7.Na/c18-8-2-1-7-3-11(17(21)22)13-10(16(19)20)5-12-15(24-6-23-12)14(13)9(7)4-8;/h1-5,18H,6H2,(H,19,20);/q;+1/p-1. The van der Waals surface area contributed by atoms with Crippen LogP contribution >= 0.6 is 0 Å². The van der Waals surface area contributed by atoms with Gasteiger partial charge in [-0.2, -0.15) is 0 Å². The minimum atomic E-state index is -1.33. The van der Waals surface area contributed by atoms with Gasteiger partial charge >= 0.3 is 35.5 Å². The molecule has 25 heavy (non-hydrogen) atoms. The summed E-state index contributed by atoms with van der Waals surface area (Å²) < 4.78 is 10.6. The molecule has 0 amide bonds. The van der Waals surface area contributed by atoms with Gasteiger partial charge in [0, 0.05) is 11.5 Å². The SMILES string of the molecule is O=C(O)c1cc2c(c3c1c([N+](=O)[O-])cc1ccc([O-])cc13)OCO2.[Na+]. The van der Waals surface area contributed by atoms with Gasteiger partial charge in [-0.15, -0.1) is 5.75 Å². The van der Waals surface area contributed by atoms with Gasteiger partial charge in [-0.25, -0.2) is 4.79 Å². The number of carboxylic acids is 1. The van der Waals surface area contributed by atoms with Crippen molar-refractivity contribution in [2.24, 2.45) is 0 Å². The Labute approximate surface area is 162 Å². The van der Waals surface area contributed by atoms with E-state index in [9.17, 15) is 25.1 Å². The first-order valence-corrected chi connectivity index (χ1v) is 6.85. The summed E-state index contributed by atoms with van der Waals surface area (Å²) in [6.45, 7) is -0.130. The molecule has 3 aromatic carbocycles. The zero-order valence-corrected chi connectivity index (χ0v) is 14.9. The molecule has 0 unspecified atom stereocenters. The summed E-state index contributed by atoms with van der Waals surface area (Å²) in [5, 5.41) is 33.6. The van der Waals surface area contributed by atoms with Crippen LogP contribution < -0.4 is 44.1 Å². The molecule has 0 fully saturated rings. The second-order valence-corrected chi connectivity index (χ2v) is 5.25. The molecule has 0 aliphatic carbocycles. The third kappa shape index (κ3) is 2.55. The number of hydrogen-bond acceptors (Lipinski definition) is 6. The van der Waals surface area contributed by atoms with Gasteiger partial charge < -0.3 is 19.7 Å². The number of benzene rings is 3. The van der Waals surface area contributed by atoms with E-state index in [1.165, 1.54) is 30.3 Å². The number of rotatable bonds is 2. The van der Waals surface area contributed by atoms with Gasteiger partial charge in [0.1, 0.15) is 0 Å². The summed E-state index contributed by atoms with van der Waals surface area (Å²) in [4.78, 5) is 22.4. The normalized spacial score (nSPS) is 12.2. The zero-order valence-electron chi connectivity index (χ0n) is 12.9. The molecular weight excluding hydrogens is 341 g/mol. The van der Waals surface area contributed by atoms with Crippen molar-refractivity contribution in [1.82, 2.24) is 0 Å². The van der Waals surface area contributed by atoms with Crippen LogP contribution in [0, 0.1) is 10.1 Å². The van der Waals surface area contributed by atoms with Crippen LogP contribution in [0.4, 0.5) is 5.69 Å². The second-order valence-electron chi connectivity index (χ2n) is 5.25. The van der Waals surface area contributed by atoms with Gasteiger partial charge in [0.05, 0.1) is 15.9 Å². The summed E-state index contributed by atoms with van der Waals surface area (Å²) in [7, 11) is 0. The average Bonchev–Trinajstić information content (AvgIpc) is 3.00. The monoisotopic (exact) mass is 349 g/mol. The zero-order chi connectivity index (χ0) is 17.0. The number of nitrogens with zero attached hydrogens (tertiary/aromatic N) is 1. The first kappa shape index (κ1) is 17.3. The number of non-ortho nitro benzene ring substituents is 1. The van der Waals surface area contributed by atoms with E-state index in [1.54, 1.807) is 0 Å². The molecule has 0 aromatic heterocycles. The fourth-order valence-corrected chi connectivity index (χ4v) is 2.98. The minimum Gasteiger partial charge on any atom is -0.872 e. The van der Waals surface area contributed by atoms with Gasteiger partial charge in [-0.1, -0.05) is 18.2 Å². The van der Waals surface area contributed by atoms with Crippen molar-refractivity contribution in [3.63, 3.8) is 0 Å². The summed E-state index contributed by atoms with van der Waals surface area (Å²) in [5.74, 6) is -1.25. The average molecular weight is 349 g/mol. The Morgan fingerprint density at radius 1 is 1.16 bits per heavy atom. The van der Waals surface area contributed by atoms with Crippen LogP contribution in [0.25, 0.3) is 21.5 Å². The second kappa shape index (κ2) is 6.07. The Morgan fingerprint density at radius 2 is 1.92 bits per heavy atom. The third-order valence-electron chi connectivity index (χ3n) is 3.93. The largest absolute Gasteiger partial charge is 1.00 e. The molecule has 3 aromatic rings. The number of nitro benzene ring substituents is 1. The van der Waals surface area contributed by atoms with E-state index in [0.717, 1.165) is 0 Å². The molecule has 4 rings (SSSR count). The molecule has 1 aliphatic rings. The number of aromatic carboxylic acids is 1. The molecule has 0 saturated heterocycles. The first-order valence-electron chi connectivity index (χ1n) is 6.85. The van der Waals surface area contributed by atoms with E-state index in [2.05, 4.69) is 0 Å². The molecule has 0 saturated carbocycles. The number of fused-ring (bicyclic) bond motifs is 5. The summed E-state index contributed by atoms with van der Waals surface area (Å²) in [6.07, 6.45) is 0. The number of hydrogen-bond donors (Lipinski definition) is 1. The van der Waals surface area contributed by atoms with E-state index >= 15 is 0 Å². The molecule has 0 bridgehead atoms. The van der Waals surface area contributed by atoms with Gasteiger partial charge in [0.15, 0.2) is 11.5 Å². The van der Waals surface area contributed by atoms with Crippen molar-refractivity contribution in [2.75, 3.05) is 6.79 Å². The Hall–Kier alpha value is -2.55. The van der Waals surface area contributed by atoms with Crippen LogP contribution in [0.2, 0.25) is 0 Å². The van der Waals surface area contributed by atoms with Gasteiger partial charge in [-0.3, -0.25) is 10.1 Å². The number of carbonyl (C=O) groups is 1. The van der Waals surface area contributed by atoms with Crippen molar-refractivity contribution in [1.29, 1.82) is 0 Å². The first-order chi connectivity index (χ1) is 11.5. The van der Waals surface area contributed by atoms with Crippen LogP contribution in [0.5, 0.6) is 17.2 Å². The molecule has 8 nitrogen and oxygen atoms in total. The van der Waals surface area contributed by atoms with Crippen LogP contribution in [0.15, 0.2) is 30.3 Å². The van der Waals surface area contributed by atoms with Gasteiger partial charge in [0.2, 0.25) is 6.79 Å². The number of ether oxygens (including phenoxy) is 2. The van der Waals surface area contributed by atoms with Crippen molar-refractivity contribution in [3.05, 3.63) is 46.0 Å². The Kier molecular flexibility index (Phi) is 4.19. The van der Waals surface area contributed by atoms with Crippen molar-refractivity contribution >= 4 is 33.2 Å². The molecule has 1 N–H and O–H groups in total. The fourth-order valence-electron chi connectivity index (χ4n) is 2.98. The van der Waals surface area contributed by atoms with Crippen LogP contribution in [0.1, 0.15) is 10.4 Å². The Morgan fingerprint density at radius 3 is 2.60 bits per heavy atom. The molecule has 0 spiro atoms. The predicted molar refractivity (Wildman–Crippen MR) is 80.6 cm³/mol. The molecular formula is C16H8NNaO7. The fraction of sp³-hybridized carbons (Fsp3) is 0.0625. The Balaban J connectivity index is 0.00000182. The van der Waals surface area contributed by atoms with Gasteiger partial charge in [-0.05, 0) is 16.8 Å². The summed E-state index contributed by atoms with van der Waals surface area (Å²) in [6, 6.07) is 6.50. The molecule has 1 heterocycles. The van der Waals surface area contributed by atoms with Crippen LogP contribution in [0.3, 0.4) is 0 Å². The molecule has 1 aliphatic heterocycles. The van der Waals surface area contributed by atoms with Crippen molar-refractivity contribution in [3.8, 4) is 17.2 Å². The van der Waals surface area contributed by atoms with Crippen LogP contribution in [-0.2, 0) is 0 Å². The molecule has 0 radical (unpaired) electrons. The smallest absolute Gasteiger partial charge is 0.872 e. The third-order valence-corrected chi connectivity index (χ3v) is 3.93. The van der Waals surface area contributed by atoms with Gasteiger partial charge in [0.25, 0.3) is 5.69 Å². The number of carboxylic acid groups (broad SMARTS) is 1. The summed E-state index contributed by atoms with van der Waals surface area (Å²) in [5.41, 5.74) is -0.647. The predicted octanol–water partition coefficient (Wildman–Crippen LogP) is -0.594. The summed E-state index contributed by atoms with van der Waals surface area (Å²) >= 11 is 0. The van der Waals surface area contributed by atoms with Crippen molar-refractivity contribution in [2.45, 2.75) is 0 Å². The van der Waals surface area contributed by atoms with E-state index in [4.69, 9.17) is 9.47 Å². The molecule has 120 valence electrons. The maximum atomic E-state index is 11.7. The van der Waals surface area contributed by atoms with E-state index in [-0.39, 0.29) is 75.6 Å². The molecule has 0 atom stereocenters. The topological polar surface area (TPSA) is 122 Å². The quantitative estimate of drug-likeness (QED) is 0.284. The maximum absolute atomic E-state index is 11.7. The van der Waals surface area contributed by atoms with E-state index < -0.39 is 10.9 Å². The van der Waals surface area contributed by atoms with E-state index in [0.29, 0.717) is 10.8 Å². The van der Waals surface area contributed by atoms with Crippen molar-refractivity contribution < 1.29 is 59.0 Å². The maximum Gasteiger partial charge on any atom is 1.00 e. The minimum absolute atomic E-state index is 0.